The number of hydrogen-bond acceptors (Lipinski definition) is 2. The third kappa shape index (κ3) is 1.88. The van der Waals surface area contributed by atoms with Gasteiger partial charge in [0.1, 0.15) is 0 Å². The second kappa shape index (κ2) is 2.82. The SMILES string of the molecule is CCC(C)N=N. The van der Waals surface area contributed by atoms with E-state index in [1.807, 2.05) is 13.8 Å². The zero-order valence-corrected chi connectivity index (χ0v) is 4.23. The molecule has 0 aromatic heterocycles. The third-order valence-corrected chi connectivity index (χ3v) is 0.811. The van der Waals surface area contributed by atoms with E-state index in [0.29, 0.717) is 0 Å². The Morgan fingerprint density at radius 1 is 1.83 bits per heavy atom. The van der Waals surface area contributed by atoms with Gasteiger partial charge in [-0.05, 0) is 13.3 Å². The average molecular weight is 86.1 g/mol. The van der Waals surface area contributed by atoms with Crippen LogP contribution in [0.2, 0.25) is 0 Å². The molecule has 0 bridgehead atoms. The van der Waals surface area contributed by atoms with Crippen molar-refractivity contribution in [1.29, 1.82) is 5.53 Å². The Morgan fingerprint density at radius 3 is 2.33 bits per heavy atom. The minimum atomic E-state index is 0.227. The van der Waals surface area contributed by atoms with Crippen LogP contribution >= 0.6 is 0 Å². The van der Waals surface area contributed by atoms with Crippen LogP contribution in [0.3, 0.4) is 0 Å². The van der Waals surface area contributed by atoms with E-state index in [1.54, 1.807) is 0 Å². The molecule has 2 heteroatoms. The van der Waals surface area contributed by atoms with Crippen molar-refractivity contribution in [2.75, 3.05) is 0 Å². The van der Waals surface area contributed by atoms with Crippen molar-refractivity contribution in [2.45, 2.75) is 26.3 Å². The maximum absolute atomic E-state index is 6.43. The lowest BCUT2D eigenvalue weighted by Gasteiger charge is -1.91. The summed E-state index contributed by atoms with van der Waals surface area (Å²) in [7, 11) is 0. The Morgan fingerprint density at radius 2 is 2.33 bits per heavy atom. The van der Waals surface area contributed by atoms with Gasteiger partial charge in [-0.2, -0.15) is 5.11 Å². The summed E-state index contributed by atoms with van der Waals surface area (Å²) in [4.78, 5) is 0. The first-order chi connectivity index (χ1) is 2.81. The van der Waals surface area contributed by atoms with Crippen molar-refractivity contribution in [1.82, 2.24) is 0 Å². The minimum absolute atomic E-state index is 0.227. The van der Waals surface area contributed by atoms with Gasteiger partial charge in [0.05, 0.1) is 6.04 Å². The molecule has 0 heterocycles. The molecule has 0 radical (unpaired) electrons. The van der Waals surface area contributed by atoms with Crippen LogP contribution in [0, 0.1) is 5.53 Å². The summed E-state index contributed by atoms with van der Waals surface area (Å²) in [5.41, 5.74) is 6.43. The topological polar surface area (TPSA) is 36.2 Å². The highest BCUT2D eigenvalue weighted by Gasteiger charge is 1.87. The van der Waals surface area contributed by atoms with E-state index >= 15 is 0 Å². The largest absolute Gasteiger partial charge is 0.210 e. The monoisotopic (exact) mass is 86.1 g/mol. The van der Waals surface area contributed by atoms with Crippen LogP contribution in [-0.4, -0.2) is 6.04 Å². The maximum atomic E-state index is 6.43. The van der Waals surface area contributed by atoms with Gasteiger partial charge in [-0.3, -0.25) is 0 Å². The molecule has 0 saturated heterocycles. The molecule has 0 fully saturated rings. The minimum Gasteiger partial charge on any atom is -0.210 e. The molecule has 0 spiro atoms. The summed E-state index contributed by atoms with van der Waals surface area (Å²) < 4.78 is 0. The highest BCUT2D eigenvalue weighted by atomic mass is 15.0. The lowest BCUT2D eigenvalue weighted by molar-refractivity contribution is 0.660. The Labute approximate surface area is 38.1 Å². The first-order valence-corrected chi connectivity index (χ1v) is 2.17. The van der Waals surface area contributed by atoms with Crippen molar-refractivity contribution in [3.63, 3.8) is 0 Å². The zero-order valence-electron chi connectivity index (χ0n) is 4.23. The lowest BCUT2D eigenvalue weighted by Crippen LogP contribution is -1.89. The van der Waals surface area contributed by atoms with Gasteiger partial charge in [-0.25, -0.2) is 5.53 Å². The fourth-order valence-corrected chi connectivity index (χ4v) is 0.0913. The van der Waals surface area contributed by atoms with Crippen molar-refractivity contribution in [3.05, 3.63) is 0 Å². The number of hydrogen-bond donors (Lipinski definition) is 1. The second-order valence-corrected chi connectivity index (χ2v) is 1.39. The highest BCUT2D eigenvalue weighted by molar-refractivity contribution is 4.47. The molecular weight excluding hydrogens is 76.1 g/mol. The molecule has 0 saturated carbocycles. The molecule has 2 nitrogen and oxygen atoms in total. The normalized spacial score (nSPS) is 13.7. The van der Waals surface area contributed by atoms with E-state index in [-0.39, 0.29) is 6.04 Å². The van der Waals surface area contributed by atoms with E-state index in [1.165, 1.54) is 0 Å². The zero-order chi connectivity index (χ0) is 4.99. The Bertz CT molecular complexity index is 42.8. The molecule has 0 aliphatic carbocycles. The van der Waals surface area contributed by atoms with Gasteiger partial charge in [0.2, 0.25) is 0 Å². The predicted octanol–water partition coefficient (Wildman–Crippen LogP) is 1.82. The lowest BCUT2D eigenvalue weighted by atomic mass is 10.3. The molecule has 1 unspecified atom stereocenters. The summed E-state index contributed by atoms with van der Waals surface area (Å²) in [6, 6.07) is 0.227. The van der Waals surface area contributed by atoms with Crippen molar-refractivity contribution < 1.29 is 0 Å². The first-order valence-electron chi connectivity index (χ1n) is 2.17. The van der Waals surface area contributed by atoms with Crippen LogP contribution in [0.4, 0.5) is 0 Å². The van der Waals surface area contributed by atoms with Gasteiger partial charge in [0.15, 0.2) is 0 Å². The van der Waals surface area contributed by atoms with Gasteiger partial charge >= 0.3 is 0 Å². The quantitative estimate of drug-likeness (QED) is 0.497. The number of rotatable bonds is 2. The fourth-order valence-electron chi connectivity index (χ4n) is 0.0913. The molecule has 0 aromatic carbocycles. The highest BCUT2D eigenvalue weighted by Crippen LogP contribution is 1.90. The molecule has 0 aromatic rings. The smallest absolute Gasteiger partial charge is 0.0675 e. The van der Waals surface area contributed by atoms with Gasteiger partial charge < -0.3 is 0 Å². The van der Waals surface area contributed by atoms with Crippen LogP contribution in [-0.2, 0) is 0 Å². The summed E-state index contributed by atoms with van der Waals surface area (Å²) in [5.74, 6) is 0. The van der Waals surface area contributed by atoms with Crippen LogP contribution in [0.1, 0.15) is 20.3 Å². The van der Waals surface area contributed by atoms with Gasteiger partial charge in [0, 0.05) is 0 Å². The van der Waals surface area contributed by atoms with E-state index in [4.69, 9.17) is 5.53 Å². The molecule has 1 atom stereocenters. The maximum Gasteiger partial charge on any atom is 0.0675 e. The number of nitrogens with one attached hydrogen (secondary N) is 1. The van der Waals surface area contributed by atoms with E-state index in [9.17, 15) is 0 Å². The second-order valence-electron chi connectivity index (χ2n) is 1.39. The molecule has 1 N–H and O–H groups in total. The Balaban J connectivity index is 2.96. The van der Waals surface area contributed by atoms with Crippen molar-refractivity contribution in [2.24, 2.45) is 5.11 Å². The van der Waals surface area contributed by atoms with E-state index < -0.39 is 0 Å². The average Bonchev–Trinajstić information content (AvgIpc) is 1.65. The van der Waals surface area contributed by atoms with Gasteiger partial charge in [-0.1, -0.05) is 6.92 Å². The fraction of sp³-hybridized carbons (Fsp3) is 1.00. The number of nitrogens with zero attached hydrogens (tertiary/aromatic N) is 1. The molecule has 0 rings (SSSR count). The summed E-state index contributed by atoms with van der Waals surface area (Å²) in [6.07, 6.45) is 0.976. The van der Waals surface area contributed by atoms with Crippen LogP contribution in [0.15, 0.2) is 5.11 Å². The van der Waals surface area contributed by atoms with Crippen LogP contribution in [0.5, 0.6) is 0 Å². The van der Waals surface area contributed by atoms with Crippen LogP contribution < -0.4 is 0 Å². The molecule has 0 aliphatic rings. The van der Waals surface area contributed by atoms with Gasteiger partial charge in [0.25, 0.3) is 0 Å². The van der Waals surface area contributed by atoms with E-state index in [0.717, 1.165) is 6.42 Å². The van der Waals surface area contributed by atoms with Gasteiger partial charge in [-0.15, -0.1) is 0 Å². The van der Waals surface area contributed by atoms with Crippen molar-refractivity contribution in [3.8, 4) is 0 Å². The van der Waals surface area contributed by atoms with E-state index in [2.05, 4.69) is 5.11 Å². The van der Waals surface area contributed by atoms with Crippen LogP contribution in [0.25, 0.3) is 0 Å². The standard InChI is InChI=1S/C4H10N2/c1-3-4(2)6-5/h4-5H,3H2,1-2H3. The molecule has 0 amide bonds. The predicted molar refractivity (Wildman–Crippen MR) is 24.9 cm³/mol. The van der Waals surface area contributed by atoms with Crippen molar-refractivity contribution >= 4 is 0 Å². The molecule has 0 aliphatic heterocycles. The molecule has 6 heavy (non-hydrogen) atoms. The molecular formula is C4H10N2. The third-order valence-electron chi connectivity index (χ3n) is 0.811. The Kier molecular flexibility index (Phi) is 2.63. The molecule has 36 valence electrons. The first kappa shape index (κ1) is 5.60. The Hall–Kier alpha value is -0.400. The summed E-state index contributed by atoms with van der Waals surface area (Å²) in [5, 5.41) is 3.26. The summed E-state index contributed by atoms with van der Waals surface area (Å²) >= 11 is 0. The summed E-state index contributed by atoms with van der Waals surface area (Å²) in [6.45, 7) is 3.94.